The van der Waals surface area contributed by atoms with Crippen molar-refractivity contribution in [3.8, 4) is 0 Å². The number of nitrogens with two attached hydrogens (primary N) is 2. The number of nitrogens with one attached hydrogen (secondary N) is 5. The zero-order valence-corrected chi connectivity index (χ0v) is 23.7. The highest BCUT2D eigenvalue weighted by molar-refractivity contribution is 5.95. The van der Waals surface area contributed by atoms with Crippen LogP contribution in [0.15, 0.2) is 73.3 Å². The summed E-state index contributed by atoms with van der Waals surface area (Å²) < 4.78 is 0. The lowest BCUT2D eigenvalue weighted by atomic mass is 10.0. The number of carbonyl (C=O) groups excluding carboxylic acids is 4. The maximum absolute atomic E-state index is 13.8. The van der Waals surface area contributed by atoms with Gasteiger partial charge in [0, 0.05) is 41.8 Å². The summed E-state index contributed by atoms with van der Waals surface area (Å²) in [4.78, 5) is 73.2. The first kappa shape index (κ1) is 31.4. The van der Waals surface area contributed by atoms with Crippen molar-refractivity contribution in [1.82, 2.24) is 30.9 Å². The lowest BCUT2D eigenvalue weighted by molar-refractivity contribution is -0.143. The molecular weight excluding hydrogens is 568 g/mol. The number of benzene rings is 2. The number of imidazole rings is 1. The maximum atomic E-state index is 13.8. The molecule has 4 atom stereocenters. The van der Waals surface area contributed by atoms with E-state index in [9.17, 15) is 29.1 Å². The molecule has 0 saturated heterocycles. The average molecular weight is 603 g/mol. The molecule has 0 fully saturated rings. The first-order valence-corrected chi connectivity index (χ1v) is 13.8. The summed E-state index contributed by atoms with van der Waals surface area (Å²) >= 11 is 0. The molecule has 14 nitrogen and oxygen atoms in total. The zero-order chi connectivity index (χ0) is 31.6. The Morgan fingerprint density at radius 1 is 0.795 bits per heavy atom. The minimum Gasteiger partial charge on any atom is -0.480 e. The largest absolute Gasteiger partial charge is 0.480 e. The number of fused-ring (bicyclic) bond motifs is 1. The number of hydrogen-bond acceptors (Lipinski definition) is 7. The fraction of sp³-hybridized carbons (Fsp3) is 0.267. The monoisotopic (exact) mass is 602 g/mol. The molecule has 2 aromatic carbocycles. The highest BCUT2D eigenvalue weighted by atomic mass is 16.4. The van der Waals surface area contributed by atoms with Gasteiger partial charge < -0.3 is 42.5 Å². The third-order valence-electron chi connectivity index (χ3n) is 7.00. The van der Waals surface area contributed by atoms with E-state index in [-0.39, 0.29) is 19.3 Å². The molecule has 0 saturated carbocycles. The van der Waals surface area contributed by atoms with Crippen LogP contribution in [0.3, 0.4) is 0 Å². The second-order valence-electron chi connectivity index (χ2n) is 10.3. The number of nitrogens with zero attached hydrogens (tertiary/aromatic N) is 1. The van der Waals surface area contributed by atoms with E-state index >= 15 is 0 Å². The summed E-state index contributed by atoms with van der Waals surface area (Å²) in [6.45, 7) is 0. The first-order valence-electron chi connectivity index (χ1n) is 13.8. The molecule has 0 aliphatic heterocycles. The number of carboxylic acids is 1. The van der Waals surface area contributed by atoms with Gasteiger partial charge in [0.2, 0.25) is 23.6 Å². The maximum Gasteiger partial charge on any atom is 0.326 e. The van der Waals surface area contributed by atoms with Crippen molar-refractivity contribution in [3.05, 3.63) is 90.1 Å². The summed E-state index contributed by atoms with van der Waals surface area (Å²) in [5.41, 5.74) is 14.2. The molecule has 2 aromatic heterocycles. The van der Waals surface area contributed by atoms with Gasteiger partial charge in [0.05, 0.1) is 18.8 Å². The fourth-order valence-corrected chi connectivity index (χ4v) is 4.74. The smallest absolute Gasteiger partial charge is 0.326 e. The van der Waals surface area contributed by atoms with Gasteiger partial charge in [-0.15, -0.1) is 0 Å². The van der Waals surface area contributed by atoms with E-state index < -0.39 is 60.2 Å². The van der Waals surface area contributed by atoms with Crippen LogP contribution in [0, 0.1) is 0 Å². The highest BCUT2D eigenvalue weighted by Gasteiger charge is 2.32. The minimum atomic E-state index is -1.61. The van der Waals surface area contributed by atoms with Gasteiger partial charge >= 0.3 is 5.97 Å². The normalized spacial score (nSPS) is 13.8. The Hall–Kier alpha value is -5.50. The van der Waals surface area contributed by atoms with Crippen molar-refractivity contribution in [3.63, 3.8) is 0 Å². The Morgan fingerprint density at radius 2 is 1.43 bits per heavy atom. The Bertz CT molecular complexity index is 1600. The molecule has 0 aliphatic rings. The molecule has 14 heteroatoms. The Labute approximate surface area is 252 Å². The predicted octanol–water partition coefficient (Wildman–Crippen LogP) is -0.339. The molecule has 4 unspecified atom stereocenters. The lowest BCUT2D eigenvalue weighted by Gasteiger charge is -2.25. The van der Waals surface area contributed by atoms with E-state index in [2.05, 4.69) is 30.9 Å². The van der Waals surface area contributed by atoms with Gasteiger partial charge in [-0.3, -0.25) is 19.2 Å². The topological polar surface area (TPSA) is 238 Å². The minimum absolute atomic E-state index is 0.0530. The predicted molar refractivity (Wildman–Crippen MR) is 160 cm³/mol. The summed E-state index contributed by atoms with van der Waals surface area (Å²) in [6.07, 6.45) is 4.10. The quantitative estimate of drug-likeness (QED) is 0.0893. The van der Waals surface area contributed by atoms with Gasteiger partial charge in [0.15, 0.2) is 0 Å². The van der Waals surface area contributed by atoms with E-state index in [1.807, 2.05) is 54.6 Å². The van der Waals surface area contributed by atoms with E-state index in [0.29, 0.717) is 5.69 Å². The molecule has 0 bridgehead atoms. The molecule has 0 aliphatic carbocycles. The third-order valence-corrected chi connectivity index (χ3v) is 7.00. The van der Waals surface area contributed by atoms with Crippen LogP contribution in [-0.2, 0) is 43.2 Å². The van der Waals surface area contributed by atoms with Crippen LogP contribution in [0.5, 0.6) is 0 Å². The van der Waals surface area contributed by atoms with Crippen molar-refractivity contribution < 1.29 is 29.1 Å². The highest BCUT2D eigenvalue weighted by Crippen LogP contribution is 2.19. The number of hydrogen-bond donors (Lipinski definition) is 8. The molecule has 44 heavy (non-hydrogen) atoms. The number of carboxylic acid groups (broad SMARTS) is 1. The average Bonchev–Trinajstić information content (AvgIpc) is 3.66. The third kappa shape index (κ3) is 8.51. The second kappa shape index (κ2) is 14.6. The Kier molecular flexibility index (Phi) is 10.4. The van der Waals surface area contributed by atoms with Crippen LogP contribution in [0.2, 0.25) is 0 Å². The summed E-state index contributed by atoms with van der Waals surface area (Å²) in [5.74, 6) is -4.56. The van der Waals surface area contributed by atoms with Crippen LogP contribution >= 0.6 is 0 Å². The van der Waals surface area contributed by atoms with Crippen molar-refractivity contribution in [2.24, 2.45) is 11.5 Å². The van der Waals surface area contributed by atoms with Crippen LogP contribution in [-0.4, -0.2) is 73.8 Å². The van der Waals surface area contributed by atoms with Crippen molar-refractivity contribution in [1.29, 1.82) is 0 Å². The number of aromatic amines is 2. The summed E-state index contributed by atoms with van der Waals surface area (Å²) in [6, 6.07) is 11.6. The second-order valence-corrected chi connectivity index (χ2v) is 10.3. The van der Waals surface area contributed by atoms with Gasteiger partial charge in [-0.25, -0.2) is 9.78 Å². The molecule has 0 radical (unpaired) electrons. The van der Waals surface area contributed by atoms with Gasteiger partial charge in [-0.05, 0) is 23.6 Å². The van der Waals surface area contributed by atoms with Crippen LogP contribution < -0.4 is 27.4 Å². The number of rotatable bonds is 15. The number of carbonyl (C=O) groups is 5. The van der Waals surface area contributed by atoms with Crippen molar-refractivity contribution in [2.75, 3.05) is 0 Å². The number of amides is 4. The number of aliphatic carboxylic acids is 1. The molecule has 4 amide bonds. The molecule has 10 N–H and O–H groups in total. The Balaban J connectivity index is 1.57. The molecule has 0 spiro atoms. The van der Waals surface area contributed by atoms with Crippen LogP contribution in [0.1, 0.15) is 23.2 Å². The fourth-order valence-electron chi connectivity index (χ4n) is 4.74. The van der Waals surface area contributed by atoms with Gasteiger partial charge in [-0.2, -0.15) is 0 Å². The number of aromatic nitrogens is 3. The zero-order valence-electron chi connectivity index (χ0n) is 23.7. The Morgan fingerprint density at radius 3 is 2.09 bits per heavy atom. The summed E-state index contributed by atoms with van der Waals surface area (Å²) in [7, 11) is 0. The standard InChI is InChI=1S/C30H34N8O6/c31-21(10-17-6-2-1-3-7-17)27(40)36-23(11-18-14-34-22-9-5-4-8-20(18)22)28(41)37-24(12-19-15-33-16-35-19)29(42)38-25(30(43)44)13-26(32)39/h1-9,14-16,21,23-25,34H,10-13,31H2,(H2,32,39)(H,33,35)(H,36,40)(H,37,41)(H,38,42)(H,43,44). The number of primary amides is 1. The first-order chi connectivity index (χ1) is 21.1. The molecule has 230 valence electrons. The van der Waals surface area contributed by atoms with Crippen LogP contribution in [0.4, 0.5) is 0 Å². The van der Waals surface area contributed by atoms with E-state index in [4.69, 9.17) is 11.5 Å². The molecular formula is C30H34N8O6. The SMILES string of the molecule is NC(=O)CC(NC(=O)C(Cc1cnc[nH]1)NC(=O)C(Cc1c[nH]c2ccccc12)NC(=O)C(N)Cc1ccccc1)C(=O)O. The molecule has 4 aromatic rings. The van der Waals surface area contributed by atoms with Gasteiger partial charge in [0.1, 0.15) is 18.1 Å². The number of H-pyrrole nitrogens is 2. The molecule has 2 heterocycles. The van der Waals surface area contributed by atoms with Crippen molar-refractivity contribution >= 4 is 40.5 Å². The number of para-hydroxylation sites is 1. The van der Waals surface area contributed by atoms with Gasteiger partial charge in [-0.1, -0.05) is 48.5 Å². The van der Waals surface area contributed by atoms with E-state index in [0.717, 1.165) is 22.0 Å². The van der Waals surface area contributed by atoms with E-state index in [1.54, 1.807) is 6.20 Å². The van der Waals surface area contributed by atoms with Crippen LogP contribution in [0.25, 0.3) is 10.9 Å². The molecule has 4 rings (SSSR count). The van der Waals surface area contributed by atoms with E-state index in [1.165, 1.54) is 12.5 Å². The summed E-state index contributed by atoms with van der Waals surface area (Å²) in [5, 5.41) is 17.9. The van der Waals surface area contributed by atoms with Crippen molar-refractivity contribution in [2.45, 2.75) is 49.9 Å². The lowest BCUT2D eigenvalue weighted by Crippen LogP contribution is -2.58. The van der Waals surface area contributed by atoms with Gasteiger partial charge in [0.25, 0.3) is 0 Å².